The van der Waals surface area contributed by atoms with Gasteiger partial charge in [-0.1, -0.05) is 11.6 Å². The van der Waals surface area contributed by atoms with Crippen LogP contribution >= 0.6 is 23.2 Å². The van der Waals surface area contributed by atoms with Gasteiger partial charge in [0.15, 0.2) is 0 Å². The average Bonchev–Trinajstić information content (AvgIpc) is 2.69. The lowest BCUT2D eigenvalue weighted by Crippen LogP contribution is -2.52. The van der Waals surface area contributed by atoms with Crippen LogP contribution in [0.5, 0.6) is 5.75 Å². The number of methoxy groups -OCH3 is 1. The van der Waals surface area contributed by atoms with Crippen LogP contribution in [0.4, 0.5) is 11.5 Å². The predicted octanol–water partition coefficient (Wildman–Crippen LogP) is 4.67. The van der Waals surface area contributed by atoms with Gasteiger partial charge in [-0.25, -0.2) is 9.97 Å². The van der Waals surface area contributed by atoms with Gasteiger partial charge >= 0.3 is 0 Å². The Morgan fingerprint density at radius 1 is 1.14 bits per heavy atom. The van der Waals surface area contributed by atoms with E-state index in [4.69, 9.17) is 27.9 Å². The average molecular weight is 432 g/mol. The second-order valence-corrected chi connectivity index (χ2v) is 8.09. The van der Waals surface area contributed by atoms with E-state index >= 15 is 0 Å². The Kier molecular flexibility index (Phi) is 5.40. The molecule has 6 nitrogen and oxygen atoms in total. The largest absolute Gasteiger partial charge is 0.495 e. The minimum atomic E-state index is 0.255. The Morgan fingerprint density at radius 2 is 1.93 bits per heavy atom. The van der Waals surface area contributed by atoms with Crippen molar-refractivity contribution in [2.75, 3.05) is 36.5 Å². The summed E-state index contributed by atoms with van der Waals surface area (Å²) in [5.41, 5.74) is 3.98. The van der Waals surface area contributed by atoms with Crippen LogP contribution in [0.3, 0.4) is 0 Å². The van der Waals surface area contributed by atoms with Gasteiger partial charge in [0.1, 0.15) is 11.6 Å². The van der Waals surface area contributed by atoms with E-state index in [0.717, 1.165) is 53.3 Å². The molecule has 3 heterocycles. The van der Waals surface area contributed by atoms with Gasteiger partial charge in [0.05, 0.1) is 17.6 Å². The van der Waals surface area contributed by atoms with Gasteiger partial charge in [0.2, 0.25) is 5.28 Å². The minimum absolute atomic E-state index is 0.255. The molecule has 152 valence electrons. The number of piperazine rings is 1. The highest BCUT2D eigenvalue weighted by molar-refractivity contribution is 6.33. The molecule has 1 unspecified atom stereocenters. The number of halogens is 2. The standard InChI is InChI=1S/C21H23Cl2N5O/c1-12-11-27(7-8-28(12)20-13(2)14(3)25-21(23)26-20)18-5-6-24-17-10-16(22)19(29-4)9-15(17)18/h5-6,9-10,12H,7-8,11H2,1-4H3. The molecule has 4 rings (SSSR count). The van der Waals surface area contributed by atoms with Crippen LogP contribution in [0.2, 0.25) is 10.3 Å². The van der Waals surface area contributed by atoms with Crippen LogP contribution in [-0.4, -0.2) is 47.7 Å². The molecule has 0 aliphatic carbocycles. The molecule has 0 radical (unpaired) electrons. The number of aryl methyl sites for hydroxylation is 1. The third-order valence-electron chi connectivity index (χ3n) is 5.57. The van der Waals surface area contributed by atoms with E-state index in [1.807, 2.05) is 32.2 Å². The molecule has 1 atom stereocenters. The van der Waals surface area contributed by atoms with Gasteiger partial charge in [-0.2, -0.15) is 0 Å². The fourth-order valence-corrected chi connectivity index (χ4v) is 4.36. The smallest absolute Gasteiger partial charge is 0.224 e. The first-order valence-corrected chi connectivity index (χ1v) is 10.3. The number of ether oxygens (including phenoxy) is 1. The first-order chi connectivity index (χ1) is 13.9. The van der Waals surface area contributed by atoms with Crippen molar-refractivity contribution in [2.45, 2.75) is 26.8 Å². The van der Waals surface area contributed by atoms with Crippen LogP contribution in [0.25, 0.3) is 10.9 Å². The third-order valence-corrected chi connectivity index (χ3v) is 6.03. The maximum Gasteiger partial charge on any atom is 0.224 e. The van der Waals surface area contributed by atoms with Crippen LogP contribution in [0.15, 0.2) is 24.4 Å². The van der Waals surface area contributed by atoms with Crippen LogP contribution < -0.4 is 14.5 Å². The molecule has 0 amide bonds. The number of anilines is 2. The van der Waals surface area contributed by atoms with Crippen molar-refractivity contribution in [3.63, 3.8) is 0 Å². The summed E-state index contributed by atoms with van der Waals surface area (Å²) >= 11 is 12.4. The molecule has 0 spiro atoms. The lowest BCUT2D eigenvalue weighted by molar-refractivity contribution is 0.415. The van der Waals surface area contributed by atoms with Gasteiger partial charge in [0, 0.05) is 54.2 Å². The number of aromatic nitrogens is 3. The van der Waals surface area contributed by atoms with E-state index in [1.165, 1.54) is 0 Å². The zero-order valence-corrected chi connectivity index (χ0v) is 18.4. The monoisotopic (exact) mass is 431 g/mol. The molecule has 1 aliphatic rings. The third kappa shape index (κ3) is 3.67. The molecule has 29 heavy (non-hydrogen) atoms. The van der Waals surface area contributed by atoms with E-state index in [0.29, 0.717) is 16.1 Å². The van der Waals surface area contributed by atoms with Crippen molar-refractivity contribution < 1.29 is 4.74 Å². The lowest BCUT2D eigenvalue weighted by Gasteiger charge is -2.42. The van der Waals surface area contributed by atoms with Crippen molar-refractivity contribution in [3.05, 3.63) is 46.0 Å². The summed E-state index contributed by atoms with van der Waals surface area (Å²) in [6.07, 6.45) is 1.83. The summed E-state index contributed by atoms with van der Waals surface area (Å²) in [5, 5.41) is 1.89. The number of hydrogen-bond donors (Lipinski definition) is 0. The fraction of sp³-hybridized carbons (Fsp3) is 0.381. The van der Waals surface area contributed by atoms with Gasteiger partial charge in [-0.05, 0) is 50.6 Å². The zero-order chi connectivity index (χ0) is 20.7. The zero-order valence-electron chi connectivity index (χ0n) is 16.9. The molecule has 8 heteroatoms. The summed E-state index contributed by atoms with van der Waals surface area (Å²) in [5.74, 6) is 1.57. The SMILES string of the molecule is COc1cc2c(N3CCN(c4nc(Cl)nc(C)c4C)C(C)C3)ccnc2cc1Cl. The van der Waals surface area contributed by atoms with Crippen molar-refractivity contribution >= 4 is 45.6 Å². The number of hydrogen-bond acceptors (Lipinski definition) is 6. The van der Waals surface area contributed by atoms with Crippen molar-refractivity contribution in [3.8, 4) is 5.75 Å². The van der Waals surface area contributed by atoms with Gasteiger partial charge in [-0.15, -0.1) is 0 Å². The molecule has 2 aromatic heterocycles. The lowest BCUT2D eigenvalue weighted by atomic mass is 10.1. The molecule has 0 N–H and O–H groups in total. The van der Waals surface area contributed by atoms with Crippen LogP contribution in [0, 0.1) is 13.8 Å². The maximum atomic E-state index is 6.28. The quantitative estimate of drug-likeness (QED) is 0.561. The molecule has 3 aromatic rings. The van der Waals surface area contributed by atoms with E-state index in [1.54, 1.807) is 7.11 Å². The fourth-order valence-electron chi connectivity index (χ4n) is 3.92. The topological polar surface area (TPSA) is 54.4 Å². The molecule has 0 saturated carbocycles. The Balaban J connectivity index is 1.66. The highest BCUT2D eigenvalue weighted by Gasteiger charge is 2.28. The normalized spacial score (nSPS) is 17.1. The predicted molar refractivity (Wildman–Crippen MR) is 119 cm³/mol. The number of fused-ring (bicyclic) bond motifs is 1. The second-order valence-electron chi connectivity index (χ2n) is 7.35. The molecular weight excluding hydrogens is 409 g/mol. The maximum absolute atomic E-state index is 6.28. The molecule has 1 aromatic carbocycles. The molecule has 1 saturated heterocycles. The highest BCUT2D eigenvalue weighted by Crippen LogP contribution is 2.35. The summed E-state index contributed by atoms with van der Waals surface area (Å²) in [7, 11) is 1.63. The van der Waals surface area contributed by atoms with Crippen molar-refractivity contribution in [1.29, 1.82) is 0 Å². The first kappa shape index (κ1) is 20.0. The van der Waals surface area contributed by atoms with Crippen LogP contribution in [0.1, 0.15) is 18.2 Å². The molecule has 1 fully saturated rings. The molecule has 0 bridgehead atoms. The van der Waals surface area contributed by atoms with E-state index in [2.05, 4.69) is 37.7 Å². The number of rotatable bonds is 3. The van der Waals surface area contributed by atoms with E-state index in [-0.39, 0.29) is 6.04 Å². The van der Waals surface area contributed by atoms with E-state index in [9.17, 15) is 0 Å². The minimum Gasteiger partial charge on any atom is -0.495 e. The Bertz CT molecular complexity index is 1070. The van der Waals surface area contributed by atoms with Crippen LogP contribution in [-0.2, 0) is 0 Å². The summed E-state index contributed by atoms with van der Waals surface area (Å²) in [6.45, 7) is 8.77. The number of nitrogens with zero attached hydrogens (tertiary/aromatic N) is 5. The molecular formula is C21H23Cl2N5O. The summed E-state index contributed by atoms with van der Waals surface area (Å²) in [6, 6.07) is 6.13. The summed E-state index contributed by atoms with van der Waals surface area (Å²) < 4.78 is 5.41. The highest BCUT2D eigenvalue weighted by atomic mass is 35.5. The Labute approximate surface area is 180 Å². The second kappa shape index (κ2) is 7.84. The van der Waals surface area contributed by atoms with Crippen molar-refractivity contribution in [2.24, 2.45) is 0 Å². The number of benzene rings is 1. The Hall–Kier alpha value is -2.31. The molecule has 1 aliphatic heterocycles. The van der Waals surface area contributed by atoms with Crippen molar-refractivity contribution in [1.82, 2.24) is 15.0 Å². The summed E-state index contributed by atoms with van der Waals surface area (Å²) in [4.78, 5) is 17.9. The van der Waals surface area contributed by atoms with E-state index < -0.39 is 0 Å². The van der Waals surface area contributed by atoms with Gasteiger partial charge in [-0.3, -0.25) is 4.98 Å². The van der Waals surface area contributed by atoms with Gasteiger partial charge < -0.3 is 14.5 Å². The number of pyridine rings is 1. The Morgan fingerprint density at radius 3 is 2.66 bits per heavy atom. The van der Waals surface area contributed by atoms with Gasteiger partial charge in [0.25, 0.3) is 0 Å². The first-order valence-electron chi connectivity index (χ1n) is 9.53.